The number of aromatic nitrogens is 2. The van der Waals surface area contributed by atoms with E-state index < -0.39 is 5.91 Å². The van der Waals surface area contributed by atoms with Gasteiger partial charge in [0, 0.05) is 36.0 Å². The van der Waals surface area contributed by atoms with Gasteiger partial charge in [0.1, 0.15) is 5.75 Å². The lowest BCUT2D eigenvalue weighted by atomic mass is 10.1. The number of nitrogens with zero attached hydrogens (tertiary/aromatic N) is 3. The van der Waals surface area contributed by atoms with Crippen LogP contribution in [0.25, 0.3) is 10.6 Å². The molecule has 4 rings (SSSR count). The van der Waals surface area contributed by atoms with Gasteiger partial charge in [0.25, 0.3) is 0 Å². The summed E-state index contributed by atoms with van der Waals surface area (Å²) in [6.45, 7) is 9.19. The average Bonchev–Trinajstić information content (AvgIpc) is 3.36. The zero-order valence-electron chi connectivity index (χ0n) is 17.9. The molecule has 1 aromatic carbocycles. The number of hydrogen-bond donors (Lipinski definition) is 1. The van der Waals surface area contributed by atoms with Crippen molar-refractivity contribution < 1.29 is 14.3 Å². The minimum Gasteiger partial charge on any atom is -0.491 e. The summed E-state index contributed by atoms with van der Waals surface area (Å²) in [5, 5.41) is 4.04. The highest BCUT2D eigenvalue weighted by Gasteiger charge is 2.20. The number of thiazole rings is 2. The van der Waals surface area contributed by atoms with E-state index in [1.165, 1.54) is 0 Å². The van der Waals surface area contributed by atoms with Crippen molar-refractivity contribution in [3.8, 4) is 16.3 Å². The predicted molar refractivity (Wildman–Crippen MR) is 125 cm³/mol. The van der Waals surface area contributed by atoms with Gasteiger partial charge in [0.15, 0.2) is 5.13 Å². The number of amides is 1. The van der Waals surface area contributed by atoms with E-state index in [1.807, 2.05) is 26.8 Å². The van der Waals surface area contributed by atoms with Crippen molar-refractivity contribution in [1.82, 2.24) is 9.97 Å². The normalized spacial score (nSPS) is 14.3. The second-order valence-electron chi connectivity index (χ2n) is 7.67. The summed E-state index contributed by atoms with van der Waals surface area (Å²) in [5.41, 5.74) is 8.78. The van der Waals surface area contributed by atoms with Crippen LogP contribution in [0.4, 0.5) is 5.13 Å². The zero-order valence-corrected chi connectivity index (χ0v) is 19.5. The lowest BCUT2D eigenvalue weighted by Crippen LogP contribution is -2.36. The molecule has 2 N–H and O–H groups in total. The SMILES string of the molecule is Cc1nc(N2CCOCC2)sc1-c1csc(Cc2cc(C(N)=O)ccc2OC(C)C)n1. The molecule has 2 aromatic heterocycles. The predicted octanol–water partition coefficient (Wildman–Crippen LogP) is 3.89. The van der Waals surface area contributed by atoms with Crippen LogP contribution in [-0.2, 0) is 11.2 Å². The lowest BCUT2D eigenvalue weighted by molar-refractivity contribution is 0.1000. The highest BCUT2D eigenvalue weighted by Crippen LogP contribution is 2.36. The van der Waals surface area contributed by atoms with Crippen LogP contribution in [-0.4, -0.2) is 48.3 Å². The molecule has 1 aliphatic heterocycles. The van der Waals surface area contributed by atoms with E-state index in [4.69, 9.17) is 25.2 Å². The standard InChI is InChI=1S/C22H26N4O3S2/c1-13(2)29-18-5-4-15(21(23)27)10-16(18)11-19-25-17(12-30-19)20-14(3)24-22(31-20)26-6-8-28-9-7-26/h4-5,10,12-13H,6-9,11H2,1-3H3,(H2,23,27). The number of morpholine rings is 1. The lowest BCUT2D eigenvalue weighted by Gasteiger charge is -2.25. The van der Waals surface area contributed by atoms with Gasteiger partial charge in [-0.25, -0.2) is 9.97 Å². The molecule has 3 heterocycles. The van der Waals surface area contributed by atoms with Gasteiger partial charge in [-0.15, -0.1) is 11.3 Å². The molecular formula is C22H26N4O3S2. The third-order valence-corrected chi connectivity index (χ3v) is 6.99. The maximum Gasteiger partial charge on any atom is 0.248 e. The Kier molecular flexibility index (Phi) is 6.54. The van der Waals surface area contributed by atoms with Gasteiger partial charge < -0.3 is 20.1 Å². The van der Waals surface area contributed by atoms with Crippen molar-refractivity contribution in [2.24, 2.45) is 5.73 Å². The first-order valence-electron chi connectivity index (χ1n) is 10.2. The van der Waals surface area contributed by atoms with E-state index >= 15 is 0 Å². The van der Waals surface area contributed by atoms with E-state index in [9.17, 15) is 4.79 Å². The van der Waals surface area contributed by atoms with Crippen LogP contribution >= 0.6 is 22.7 Å². The van der Waals surface area contributed by atoms with Crippen LogP contribution in [0.2, 0.25) is 0 Å². The molecule has 1 saturated heterocycles. The van der Waals surface area contributed by atoms with Crippen molar-refractivity contribution in [3.05, 3.63) is 45.4 Å². The Morgan fingerprint density at radius 3 is 2.77 bits per heavy atom. The van der Waals surface area contributed by atoms with Crippen LogP contribution in [0.15, 0.2) is 23.6 Å². The molecule has 3 aromatic rings. The summed E-state index contributed by atoms with van der Waals surface area (Å²) in [5.74, 6) is 0.299. The summed E-state index contributed by atoms with van der Waals surface area (Å²) in [4.78, 5) is 24.6. The highest BCUT2D eigenvalue weighted by molar-refractivity contribution is 7.19. The molecule has 0 unspecified atom stereocenters. The van der Waals surface area contributed by atoms with Crippen LogP contribution < -0.4 is 15.4 Å². The molecule has 31 heavy (non-hydrogen) atoms. The zero-order chi connectivity index (χ0) is 22.0. The number of anilines is 1. The fourth-order valence-electron chi connectivity index (χ4n) is 3.41. The summed E-state index contributed by atoms with van der Waals surface area (Å²) >= 11 is 3.27. The van der Waals surface area contributed by atoms with Gasteiger partial charge in [-0.2, -0.15) is 0 Å². The van der Waals surface area contributed by atoms with Crippen LogP contribution in [0.1, 0.15) is 40.5 Å². The summed E-state index contributed by atoms with van der Waals surface area (Å²) in [7, 11) is 0. The van der Waals surface area contributed by atoms with E-state index in [2.05, 4.69) is 10.3 Å². The van der Waals surface area contributed by atoms with Crippen LogP contribution in [0.3, 0.4) is 0 Å². The number of benzene rings is 1. The Morgan fingerprint density at radius 2 is 2.06 bits per heavy atom. The van der Waals surface area contributed by atoms with Crippen molar-refractivity contribution >= 4 is 33.7 Å². The molecule has 0 saturated carbocycles. The molecule has 164 valence electrons. The van der Waals surface area contributed by atoms with Crippen LogP contribution in [0, 0.1) is 6.92 Å². The molecule has 0 bridgehead atoms. The van der Waals surface area contributed by atoms with Gasteiger partial charge in [-0.1, -0.05) is 11.3 Å². The molecule has 1 amide bonds. The molecule has 7 nitrogen and oxygen atoms in total. The molecule has 9 heteroatoms. The minimum atomic E-state index is -0.451. The number of nitrogens with two attached hydrogens (primary N) is 1. The van der Waals surface area contributed by atoms with E-state index in [0.29, 0.717) is 12.0 Å². The number of hydrogen-bond acceptors (Lipinski definition) is 8. The fraction of sp³-hybridized carbons (Fsp3) is 0.409. The Hall–Kier alpha value is -2.49. The minimum absolute atomic E-state index is 0.0310. The first-order valence-corrected chi connectivity index (χ1v) is 11.9. The molecule has 0 aliphatic carbocycles. The number of aryl methyl sites for hydroxylation is 1. The number of carbonyl (C=O) groups excluding carboxylic acids is 1. The maximum absolute atomic E-state index is 11.6. The molecule has 1 aliphatic rings. The molecule has 0 spiro atoms. The maximum atomic E-state index is 11.6. The number of carbonyl (C=O) groups is 1. The summed E-state index contributed by atoms with van der Waals surface area (Å²) in [6.07, 6.45) is 0.602. The average molecular weight is 459 g/mol. The van der Waals surface area contributed by atoms with Gasteiger partial charge >= 0.3 is 0 Å². The van der Waals surface area contributed by atoms with Crippen molar-refractivity contribution in [1.29, 1.82) is 0 Å². The number of rotatable bonds is 7. The second kappa shape index (κ2) is 9.33. The molecule has 0 atom stereocenters. The number of ether oxygens (including phenoxy) is 2. The topological polar surface area (TPSA) is 90.6 Å². The van der Waals surface area contributed by atoms with Crippen molar-refractivity contribution in [2.45, 2.75) is 33.3 Å². The quantitative estimate of drug-likeness (QED) is 0.578. The van der Waals surface area contributed by atoms with Crippen LogP contribution in [0.5, 0.6) is 5.75 Å². The molecular weight excluding hydrogens is 432 g/mol. The first-order chi connectivity index (χ1) is 14.9. The second-order valence-corrected chi connectivity index (χ2v) is 9.59. The molecule has 0 radical (unpaired) electrons. The van der Waals surface area contributed by atoms with E-state index in [1.54, 1.807) is 34.8 Å². The molecule has 1 fully saturated rings. The Morgan fingerprint density at radius 1 is 1.29 bits per heavy atom. The Balaban J connectivity index is 1.58. The van der Waals surface area contributed by atoms with Gasteiger partial charge in [0.05, 0.1) is 40.6 Å². The Bertz CT molecular complexity index is 1070. The van der Waals surface area contributed by atoms with Crippen molar-refractivity contribution in [2.75, 3.05) is 31.2 Å². The summed E-state index contributed by atoms with van der Waals surface area (Å²) in [6, 6.07) is 5.31. The number of primary amides is 1. The smallest absolute Gasteiger partial charge is 0.248 e. The van der Waals surface area contributed by atoms with Gasteiger partial charge in [-0.3, -0.25) is 4.79 Å². The van der Waals surface area contributed by atoms with Crippen molar-refractivity contribution in [3.63, 3.8) is 0 Å². The van der Waals surface area contributed by atoms with E-state index in [0.717, 1.165) is 64.0 Å². The van der Waals surface area contributed by atoms with Gasteiger partial charge in [0.2, 0.25) is 5.91 Å². The highest BCUT2D eigenvalue weighted by atomic mass is 32.1. The van der Waals surface area contributed by atoms with Gasteiger partial charge in [-0.05, 0) is 39.0 Å². The summed E-state index contributed by atoms with van der Waals surface area (Å²) < 4.78 is 11.4. The largest absolute Gasteiger partial charge is 0.491 e. The monoisotopic (exact) mass is 458 g/mol. The third kappa shape index (κ3) is 5.06. The Labute approximate surface area is 189 Å². The van der Waals surface area contributed by atoms with E-state index in [-0.39, 0.29) is 6.10 Å². The first kappa shape index (κ1) is 21.7. The third-order valence-electron chi connectivity index (χ3n) is 4.90. The fourth-order valence-corrected chi connectivity index (χ4v) is 5.37.